The second kappa shape index (κ2) is 7.38. The van der Waals surface area contributed by atoms with Crippen LogP contribution in [-0.2, 0) is 0 Å². The van der Waals surface area contributed by atoms with Gasteiger partial charge in [0.15, 0.2) is 0 Å². The van der Waals surface area contributed by atoms with E-state index in [1.54, 1.807) is 0 Å². The molecule has 1 saturated heterocycles. The van der Waals surface area contributed by atoms with E-state index in [0.29, 0.717) is 13.1 Å². The summed E-state index contributed by atoms with van der Waals surface area (Å²) in [6, 6.07) is 8.15. The van der Waals surface area contributed by atoms with E-state index in [0.717, 1.165) is 24.5 Å². The number of hydrogen-bond acceptors (Lipinski definition) is 4. The van der Waals surface area contributed by atoms with E-state index in [9.17, 15) is 10.2 Å². The van der Waals surface area contributed by atoms with E-state index in [1.807, 2.05) is 18.2 Å². The fourth-order valence-electron chi connectivity index (χ4n) is 2.70. The van der Waals surface area contributed by atoms with Gasteiger partial charge in [0.1, 0.15) is 0 Å². The van der Waals surface area contributed by atoms with Crippen molar-refractivity contribution in [3.8, 4) is 0 Å². The lowest BCUT2D eigenvalue weighted by molar-refractivity contribution is 0.0572. The van der Waals surface area contributed by atoms with Gasteiger partial charge in [0.25, 0.3) is 0 Å². The first-order valence-electron chi connectivity index (χ1n) is 7.17. The lowest BCUT2D eigenvalue weighted by Gasteiger charge is -2.22. The van der Waals surface area contributed by atoms with Crippen LogP contribution < -0.4 is 5.32 Å². The molecule has 0 radical (unpaired) electrons. The summed E-state index contributed by atoms with van der Waals surface area (Å²) in [6.07, 6.45) is -0.300. The summed E-state index contributed by atoms with van der Waals surface area (Å²) in [7, 11) is 0. The van der Waals surface area contributed by atoms with Crippen molar-refractivity contribution in [2.75, 3.05) is 26.2 Å². The van der Waals surface area contributed by atoms with Gasteiger partial charge in [-0.25, -0.2) is 0 Å². The molecular formula is C15H23ClN2O2. The molecule has 20 heavy (non-hydrogen) atoms. The molecule has 1 aliphatic rings. The van der Waals surface area contributed by atoms with Gasteiger partial charge in [-0.3, -0.25) is 4.90 Å². The second-order valence-corrected chi connectivity index (χ2v) is 5.78. The number of benzene rings is 1. The highest BCUT2D eigenvalue weighted by Gasteiger charge is 2.29. The number of nitrogens with one attached hydrogen (secondary N) is 1. The zero-order chi connectivity index (χ0) is 14.5. The zero-order valence-corrected chi connectivity index (χ0v) is 12.6. The molecule has 1 fully saturated rings. The van der Waals surface area contributed by atoms with Crippen LogP contribution in [0.25, 0.3) is 0 Å². The van der Waals surface area contributed by atoms with Crippen LogP contribution in [0, 0.1) is 0 Å². The Morgan fingerprint density at radius 3 is 2.65 bits per heavy atom. The van der Waals surface area contributed by atoms with Crippen LogP contribution >= 0.6 is 11.6 Å². The lowest BCUT2D eigenvalue weighted by atomic mass is 10.0. The van der Waals surface area contributed by atoms with E-state index in [4.69, 9.17) is 11.6 Å². The molecule has 0 amide bonds. The Kier molecular flexibility index (Phi) is 5.81. The van der Waals surface area contributed by atoms with E-state index in [1.165, 1.54) is 5.56 Å². The largest absolute Gasteiger partial charge is 0.389 e. The topological polar surface area (TPSA) is 55.7 Å². The third-order valence-electron chi connectivity index (χ3n) is 3.77. The van der Waals surface area contributed by atoms with E-state index in [2.05, 4.69) is 23.2 Å². The summed E-state index contributed by atoms with van der Waals surface area (Å²) >= 11 is 6.05. The summed E-state index contributed by atoms with van der Waals surface area (Å²) in [5.41, 5.74) is 1.18. The van der Waals surface area contributed by atoms with Crippen LogP contribution in [0.4, 0.5) is 0 Å². The number of aliphatic hydroxyl groups excluding tert-OH is 2. The van der Waals surface area contributed by atoms with Crippen molar-refractivity contribution >= 4 is 11.6 Å². The Morgan fingerprint density at radius 2 is 2.05 bits per heavy atom. The minimum Gasteiger partial charge on any atom is -0.389 e. The van der Waals surface area contributed by atoms with Gasteiger partial charge in [0.05, 0.1) is 12.2 Å². The molecule has 2 rings (SSSR count). The van der Waals surface area contributed by atoms with Crippen molar-refractivity contribution in [1.82, 2.24) is 10.2 Å². The lowest BCUT2D eigenvalue weighted by Crippen LogP contribution is -2.29. The Morgan fingerprint density at radius 1 is 1.35 bits per heavy atom. The number of β-amino-alcohol motifs (C(OH)–C–C–N with tert-alkyl or cyclic N) is 2. The van der Waals surface area contributed by atoms with Crippen LogP contribution in [0.3, 0.4) is 0 Å². The van der Waals surface area contributed by atoms with Crippen LogP contribution in [0.5, 0.6) is 0 Å². The van der Waals surface area contributed by atoms with Gasteiger partial charge in [-0.1, -0.05) is 30.7 Å². The van der Waals surface area contributed by atoms with Gasteiger partial charge in [-0.15, -0.1) is 0 Å². The number of likely N-dealkylation sites (tertiary alicyclic amines) is 1. The van der Waals surface area contributed by atoms with E-state index < -0.39 is 12.2 Å². The molecule has 0 aromatic heterocycles. The Balaban J connectivity index is 1.93. The minimum absolute atomic E-state index is 0.244. The molecule has 1 heterocycles. The number of rotatable bonds is 6. The van der Waals surface area contributed by atoms with Crippen molar-refractivity contribution in [3.05, 3.63) is 34.9 Å². The molecule has 0 bridgehead atoms. The van der Waals surface area contributed by atoms with Gasteiger partial charge in [0, 0.05) is 30.7 Å². The molecule has 3 unspecified atom stereocenters. The highest BCUT2D eigenvalue weighted by Crippen LogP contribution is 2.22. The van der Waals surface area contributed by atoms with Gasteiger partial charge in [-0.2, -0.15) is 0 Å². The van der Waals surface area contributed by atoms with Crippen molar-refractivity contribution in [1.29, 1.82) is 0 Å². The molecule has 3 N–H and O–H groups in total. The highest BCUT2D eigenvalue weighted by atomic mass is 35.5. The molecule has 0 aliphatic carbocycles. The van der Waals surface area contributed by atoms with Crippen LogP contribution in [0.2, 0.25) is 5.02 Å². The van der Waals surface area contributed by atoms with Gasteiger partial charge < -0.3 is 15.5 Å². The molecule has 3 atom stereocenters. The normalized spacial score (nSPS) is 25.0. The molecule has 5 heteroatoms. The summed E-state index contributed by atoms with van der Waals surface area (Å²) in [4.78, 5) is 2.10. The SMILES string of the molecule is CCNC(CCN1CC(O)C(O)C1)c1cccc(Cl)c1. The molecular weight excluding hydrogens is 276 g/mol. The maximum Gasteiger partial charge on any atom is 0.0938 e. The van der Waals surface area contributed by atoms with Crippen molar-refractivity contribution in [2.24, 2.45) is 0 Å². The number of hydrogen-bond donors (Lipinski definition) is 3. The quantitative estimate of drug-likeness (QED) is 0.743. The molecule has 1 aromatic carbocycles. The Hall–Kier alpha value is -0.650. The van der Waals surface area contributed by atoms with Crippen molar-refractivity contribution in [3.63, 3.8) is 0 Å². The smallest absolute Gasteiger partial charge is 0.0938 e. The third-order valence-corrected chi connectivity index (χ3v) is 4.01. The van der Waals surface area contributed by atoms with Crippen molar-refractivity contribution < 1.29 is 10.2 Å². The molecule has 4 nitrogen and oxygen atoms in total. The number of halogens is 1. The minimum atomic E-state index is -0.612. The average molecular weight is 299 g/mol. The maximum absolute atomic E-state index is 9.57. The average Bonchev–Trinajstić information content (AvgIpc) is 2.74. The fraction of sp³-hybridized carbons (Fsp3) is 0.600. The molecule has 1 aromatic rings. The first-order valence-corrected chi connectivity index (χ1v) is 7.55. The number of nitrogens with zero attached hydrogens (tertiary/aromatic N) is 1. The maximum atomic E-state index is 9.57. The first kappa shape index (κ1) is 15.7. The molecule has 112 valence electrons. The fourth-order valence-corrected chi connectivity index (χ4v) is 2.90. The predicted octanol–water partition coefficient (Wildman–Crippen LogP) is 1.42. The number of aliphatic hydroxyl groups is 2. The highest BCUT2D eigenvalue weighted by molar-refractivity contribution is 6.30. The monoisotopic (exact) mass is 298 g/mol. The van der Waals surface area contributed by atoms with Crippen LogP contribution in [0.1, 0.15) is 24.9 Å². The summed E-state index contributed by atoms with van der Waals surface area (Å²) in [5, 5.41) is 23.3. The summed E-state index contributed by atoms with van der Waals surface area (Å²) < 4.78 is 0. The second-order valence-electron chi connectivity index (χ2n) is 5.35. The van der Waals surface area contributed by atoms with Gasteiger partial charge in [0.2, 0.25) is 0 Å². The predicted molar refractivity (Wildman–Crippen MR) is 80.9 cm³/mol. The zero-order valence-electron chi connectivity index (χ0n) is 11.8. The standard InChI is InChI=1S/C15H23ClN2O2/c1-2-17-13(11-4-3-5-12(16)8-11)6-7-18-9-14(19)15(20)10-18/h3-5,8,13-15,17,19-20H,2,6-7,9-10H2,1H3. The molecule has 0 spiro atoms. The molecule has 0 saturated carbocycles. The third kappa shape index (κ3) is 4.17. The van der Waals surface area contributed by atoms with Crippen molar-refractivity contribution in [2.45, 2.75) is 31.6 Å². The Bertz CT molecular complexity index is 420. The van der Waals surface area contributed by atoms with Gasteiger partial charge >= 0.3 is 0 Å². The summed E-state index contributed by atoms with van der Waals surface area (Å²) in [5.74, 6) is 0. The first-order chi connectivity index (χ1) is 9.60. The van der Waals surface area contributed by atoms with Crippen LogP contribution in [0.15, 0.2) is 24.3 Å². The van der Waals surface area contributed by atoms with Gasteiger partial charge in [-0.05, 0) is 30.7 Å². The summed E-state index contributed by atoms with van der Waals surface area (Å²) in [6.45, 7) is 4.92. The van der Waals surface area contributed by atoms with E-state index >= 15 is 0 Å². The molecule has 1 aliphatic heterocycles. The van der Waals surface area contributed by atoms with Crippen LogP contribution in [-0.4, -0.2) is 53.5 Å². The Labute approximate surface area is 125 Å². The van der Waals surface area contributed by atoms with E-state index in [-0.39, 0.29) is 6.04 Å².